The Hall–Kier alpha value is -2.74. The van der Waals surface area contributed by atoms with Crippen LogP contribution in [0.15, 0.2) is 85.5 Å². The lowest BCUT2D eigenvalue weighted by atomic mass is 10.2. The Kier molecular flexibility index (Phi) is 6.25. The first-order valence-corrected chi connectivity index (χ1v) is 7.57. The molecule has 118 valence electrons. The van der Waals surface area contributed by atoms with E-state index in [2.05, 4.69) is 25.3 Å². The molecule has 2 heteroatoms. The molecular weight excluding hydrogens is 284 g/mol. The summed E-state index contributed by atoms with van der Waals surface area (Å²) in [6, 6.07) is 16.0. The van der Waals surface area contributed by atoms with Crippen molar-refractivity contribution in [3.63, 3.8) is 0 Å². The second-order valence-corrected chi connectivity index (χ2v) is 5.17. The van der Waals surface area contributed by atoms with E-state index in [4.69, 9.17) is 9.47 Å². The fourth-order valence-electron chi connectivity index (χ4n) is 2.10. The summed E-state index contributed by atoms with van der Waals surface area (Å²) in [4.78, 5) is 0. The van der Waals surface area contributed by atoms with E-state index >= 15 is 0 Å². The van der Waals surface area contributed by atoms with Crippen molar-refractivity contribution in [2.24, 2.45) is 0 Å². The van der Waals surface area contributed by atoms with Gasteiger partial charge in [-0.2, -0.15) is 0 Å². The van der Waals surface area contributed by atoms with Crippen LogP contribution in [-0.4, -0.2) is 6.61 Å². The summed E-state index contributed by atoms with van der Waals surface area (Å²) >= 11 is 0. The van der Waals surface area contributed by atoms with Gasteiger partial charge in [0, 0.05) is 0 Å². The molecule has 0 saturated heterocycles. The highest BCUT2D eigenvalue weighted by atomic mass is 16.5. The van der Waals surface area contributed by atoms with E-state index in [1.807, 2.05) is 49.4 Å². The molecule has 0 aliphatic carbocycles. The highest BCUT2D eigenvalue weighted by Crippen LogP contribution is 2.24. The van der Waals surface area contributed by atoms with Crippen molar-refractivity contribution in [3.05, 3.63) is 96.6 Å². The van der Waals surface area contributed by atoms with Gasteiger partial charge in [0.25, 0.3) is 0 Å². The van der Waals surface area contributed by atoms with Crippen molar-refractivity contribution < 1.29 is 9.47 Å². The molecule has 0 aromatic heterocycles. The third-order valence-electron chi connectivity index (χ3n) is 3.38. The molecule has 0 fully saturated rings. The van der Waals surface area contributed by atoms with Crippen molar-refractivity contribution in [1.82, 2.24) is 0 Å². The number of allylic oxidation sites excluding steroid dienone is 2. The summed E-state index contributed by atoms with van der Waals surface area (Å²) in [6.07, 6.45) is 5.38. The zero-order valence-corrected chi connectivity index (χ0v) is 13.5. The van der Waals surface area contributed by atoms with E-state index in [1.54, 1.807) is 12.2 Å². The van der Waals surface area contributed by atoms with Crippen molar-refractivity contribution in [2.45, 2.75) is 13.5 Å². The lowest BCUT2D eigenvalue weighted by Gasteiger charge is -2.12. The monoisotopic (exact) mass is 306 g/mol. The lowest BCUT2D eigenvalue weighted by molar-refractivity contribution is 0.302. The number of hydrogen-bond acceptors (Lipinski definition) is 2. The summed E-state index contributed by atoms with van der Waals surface area (Å²) in [6.45, 7) is 10.5. The predicted octanol–water partition coefficient (Wildman–Crippen LogP) is 5.25. The van der Waals surface area contributed by atoms with E-state index in [1.165, 1.54) is 0 Å². The molecule has 2 aromatic carbocycles. The van der Waals surface area contributed by atoms with Crippen molar-refractivity contribution in [2.75, 3.05) is 6.61 Å². The molecule has 0 radical (unpaired) electrons. The van der Waals surface area contributed by atoms with Crippen LogP contribution in [0.3, 0.4) is 0 Å². The predicted molar refractivity (Wildman–Crippen MR) is 95.9 cm³/mol. The van der Waals surface area contributed by atoms with Gasteiger partial charge in [-0.05, 0) is 41.8 Å². The molecule has 2 rings (SSSR count). The number of rotatable bonds is 8. The summed E-state index contributed by atoms with van der Waals surface area (Å²) in [7, 11) is 0. The molecule has 23 heavy (non-hydrogen) atoms. The van der Waals surface area contributed by atoms with Gasteiger partial charge in [-0.1, -0.05) is 61.7 Å². The van der Waals surface area contributed by atoms with Crippen LogP contribution < -0.4 is 9.47 Å². The quantitative estimate of drug-likeness (QED) is 0.620. The molecule has 0 N–H and O–H groups in total. The summed E-state index contributed by atoms with van der Waals surface area (Å²) in [5.74, 6) is 1.68. The highest BCUT2D eigenvalue weighted by molar-refractivity contribution is 5.40. The molecule has 0 heterocycles. The summed E-state index contributed by atoms with van der Waals surface area (Å²) in [5, 5.41) is 0. The Morgan fingerprint density at radius 2 is 1.83 bits per heavy atom. The Bertz CT molecular complexity index is 684. The Morgan fingerprint density at radius 1 is 1.04 bits per heavy atom. The van der Waals surface area contributed by atoms with E-state index < -0.39 is 0 Å². The number of ether oxygens (including phenoxy) is 2. The van der Waals surface area contributed by atoms with Crippen LogP contribution in [0.4, 0.5) is 0 Å². The largest absolute Gasteiger partial charge is 0.489 e. The van der Waals surface area contributed by atoms with Crippen LogP contribution in [0.5, 0.6) is 11.5 Å². The van der Waals surface area contributed by atoms with Gasteiger partial charge in [-0.15, -0.1) is 0 Å². The third-order valence-corrected chi connectivity index (χ3v) is 3.38. The molecule has 0 aliphatic rings. The Labute approximate surface area is 138 Å². The zero-order valence-electron chi connectivity index (χ0n) is 13.5. The minimum absolute atomic E-state index is 0.471. The number of hydrogen-bond donors (Lipinski definition) is 0. The first-order chi connectivity index (χ1) is 11.2. The van der Waals surface area contributed by atoms with Crippen LogP contribution in [-0.2, 0) is 6.61 Å². The maximum absolute atomic E-state index is 5.87. The van der Waals surface area contributed by atoms with E-state index in [9.17, 15) is 0 Å². The topological polar surface area (TPSA) is 18.5 Å². The van der Waals surface area contributed by atoms with Crippen LogP contribution in [0.25, 0.3) is 0 Å². The molecule has 2 aromatic rings. The maximum Gasteiger partial charge on any atom is 0.122 e. The lowest BCUT2D eigenvalue weighted by Crippen LogP contribution is -2.01. The smallest absolute Gasteiger partial charge is 0.122 e. The van der Waals surface area contributed by atoms with Gasteiger partial charge in [-0.25, -0.2) is 0 Å². The van der Waals surface area contributed by atoms with Crippen LogP contribution >= 0.6 is 0 Å². The van der Waals surface area contributed by atoms with Crippen molar-refractivity contribution in [1.29, 1.82) is 0 Å². The average Bonchev–Trinajstić information content (AvgIpc) is 2.58. The standard InChI is InChI=1S/C21H22O2/c1-4-9-18(5-2)15-22-20-12-13-21(17(3)14-20)23-16-19-10-7-6-8-11-19/h4-14H,1-2,15-16H2,3H3/b18-9+. The molecule has 2 nitrogen and oxygen atoms in total. The van der Waals surface area contributed by atoms with Crippen LogP contribution in [0.2, 0.25) is 0 Å². The molecule has 0 unspecified atom stereocenters. The first-order valence-electron chi connectivity index (χ1n) is 7.57. The molecule has 0 aliphatic heterocycles. The van der Waals surface area contributed by atoms with Gasteiger partial charge in [0.2, 0.25) is 0 Å². The van der Waals surface area contributed by atoms with Gasteiger partial charge in [0.15, 0.2) is 0 Å². The summed E-state index contributed by atoms with van der Waals surface area (Å²) in [5.41, 5.74) is 3.19. The van der Waals surface area contributed by atoms with Gasteiger partial charge in [-0.3, -0.25) is 0 Å². The molecular formula is C21H22O2. The van der Waals surface area contributed by atoms with Gasteiger partial charge >= 0.3 is 0 Å². The minimum Gasteiger partial charge on any atom is -0.489 e. The zero-order chi connectivity index (χ0) is 16.5. The van der Waals surface area contributed by atoms with Gasteiger partial charge < -0.3 is 9.47 Å². The third kappa shape index (κ3) is 5.19. The number of aryl methyl sites for hydroxylation is 1. The van der Waals surface area contributed by atoms with Gasteiger partial charge in [0.1, 0.15) is 24.7 Å². The normalized spacial score (nSPS) is 10.9. The summed E-state index contributed by atoms with van der Waals surface area (Å²) < 4.78 is 11.6. The molecule has 0 spiro atoms. The van der Waals surface area contributed by atoms with E-state index in [0.717, 1.165) is 28.2 Å². The van der Waals surface area contributed by atoms with Crippen LogP contribution in [0.1, 0.15) is 11.1 Å². The van der Waals surface area contributed by atoms with Gasteiger partial charge in [0.05, 0.1) is 0 Å². The SMILES string of the molecule is C=C/C=C(\C=C)COc1ccc(OCc2ccccc2)c(C)c1. The second kappa shape index (κ2) is 8.64. The van der Waals surface area contributed by atoms with E-state index in [0.29, 0.717) is 13.2 Å². The number of benzene rings is 2. The Balaban J connectivity index is 1.96. The molecule has 0 amide bonds. The molecule has 0 atom stereocenters. The first kappa shape index (κ1) is 16.6. The Morgan fingerprint density at radius 3 is 2.48 bits per heavy atom. The highest BCUT2D eigenvalue weighted by Gasteiger charge is 2.03. The van der Waals surface area contributed by atoms with E-state index in [-0.39, 0.29) is 0 Å². The minimum atomic E-state index is 0.471. The second-order valence-electron chi connectivity index (χ2n) is 5.17. The average molecular weight is 306 g/mol. The van der Waals surface area contributed by atoms with Crippen molar-refractivity contribution in [3.8, 4) is 11.5 Å². The molecule has 0 bridgehead atoms. The van der Waals surface area contributed by atoms with Crippen LogP contribution in [0, 0.1) is 6.92 Å². The fourth-order valence-corrected chi connectivity index (χ4v) is 2.10. The van der Waals surface area contributed by atoms with Crippen molar-refractivity contribution >= 4 is 0 Å². The maximum atomic E-state index is 5.87. The molecule has 0 saturated carbocycles. The fraction of sp³-hybridized carbons (Fsp3) is 0.143.